The van der Waals surface area contributed by atoms with E-state index in [-0.39, 0.29) is 5.82 Å². The molecule has 0 heterocycles. The van der Waals surface area contributed by atoms with Gasteiger partial charge in [0.05, 0.1) is 10.0 Å². The van der Waals surface area contributed by atoms with Gasteiger partial charge < -0.3 is 0 Å². The highest BCUT2D eigenvalue weighted by Crippen LogP contribution is 2.28. The predicted octanol–water partition coefficient (Wildman–Crippen LogP) is 4.80. The quantitative estimate of drug-likeness (QED) is 0.672. The zero-order valence-electron chi connectivity index (χ0n) is 7.68. The van der Waals surface area contributed by atoms with Crippen molar-refractivity contribution in [1.82, 2.24) is 0 Å². The van der Waals surface area contributed by atoms with Crippen molar-refractivity contribution in [2.75, 3.05) is 0 Å². The minimum absolute atomic E-state index is 0.251. The Balaban J connectivity index is 2.45. The van der Waals surface area contributed by atoms with E-state index in [1.165, 1.54) is 12.1 Å². The van der Waals surface area contributed by atoms with Gasteiger partial charge in [-0.2, -0.15) is 0 Å². The van der Waals surface area contributed by atoms with E-state index in [1.54, 1.807) is 24.3 Å². The van der Waals surface area contributed by atoms with Crippen molar-refractivity contribution in [2.45, 2.75) is 0 Å². The number of hydrogen-bond donors (Lipinski definition) is 0. The molecule has 76 valence electrons. The van der Waals surface area contributed by atoms with Gasteiger partial charge >= 0.3 is 0 Å². The smallest absolute Gasteiger partial charge is 0.123 e. The number of rotatable bonds is 1. The summed E-state index contributed by atoms with van der Waals surface area (Å²) in [5.74, 6) is -0.251. The Morgan fingerprint density at radius 2 is 1.33 bits per heavy atom. The lowest BCUT2D eigenvalue weighted by atomic mass is 10.1. The Morgan fingerprint density at radius 3 is 1.93 bits per heavy atom. The minimum Gasteiger partial charge on any atom is -0.207 e. The first-order valence-electron chi connectivity index (χ1n) is 4.38. The van der Waals surface area contributed by atoms with E-state index >= 15 is 0 Å². The molecule has 15 heavy (non-hydrogen) atoms. The van der Waals surface area contributed by atoms with Gasteiger partial charge in [-0.15, -0.1) is 0 Å². The standard InChI is InChI=1S/C12H7Cl2F/c13-11-6-3-9(7-12(11)14)8-1-4-10(15)5-2-8/h1-7H. The predicted molar refractivity (Wildman–Crippen MR) is 61.9 cm³/mol. The summed E-state index contributed by atoms with van der Waals surface area (Å²) in [7, 11) is 0. The van der Waals surface area contributed by atoms with Crippen molar-refractivity contribution in [1.29, 1.82) is 0 Å². The Bertz CT molecular complexity index is 477. The number of benzene rings is 2. The van der Waals surface area contributed by atoms with Gasteiger partial charge in [0.15, 0.2) is 0 Å². The van der Waals surface area contributed by atoms with Crippen LogP contribution < -0.4 is 0 Å². The van der Waals surface area contributed by atoms with Crippen molar-refractivity contribution in [3.8, 4) is 11.1 Å². The monoisotopic (exact) mass is 240 g/mol. The Kier molecular flexibility index (Phi) is 2.94. The zero-order chi connectivity index (χ0) is 10.8. The van der Waals surface area contributed by atoms with E-state index in [0.29, 0.717) is 10.0 Å². The highest BCUT2D eigenvalue weighted by Gasteiger charge is 2.01. The zero-order valence-corrected chi connectivity index (χ0v) is 9.19. The first-order chi connectivity index (χ1) is 7.16. The normalized spacial score (nSPS) is 10.3. The molecule has 2 aromatic carbocycles. The van der Waals surface area contributed by atoms with E-state index in [2.05, 4.69) is 0 Å². The van der Waals surface area contributed by atoms with Gasteiger partial charge in [0.2, 0.25) is 0 Å². The maximum Gasteiger partial charge on any atom is 0.123 e. The molecule has 3 heteroatoms. The van der Waals surface area contributed by atoms with Crippen LogP contribution in [0.25, 0.3) is 11.1 Å². The van der Waals surface area contributed by atoms with Gasteiger partial charge in [0.25, 0.3) is 0 Å². The fourth-order valence-electron chi connectivity index (χ4n) is 1.32. The molecule has 0 saturated carbocycles. The molecule has 0 unspecified atom stereocenters. The third kappa shape index (κ3) is 2.31. The highest BCUT2D eigenvalue weighted by molar-refractivity contribution is 6.42. The fraction of sp³-hybridized carbons (Fsp3) is 0. The molecule has 2 rings (SSSR count). The second-order valence-corrected chi connectivity index (χ2v) is 3.95. The average Bonchev–Trinajstić information content (AvgIpc) is 2.23. The van der Waals surface area contributed by atoms with Gasteiger partial charge in [-0.1, -0.05) is 41.4 Å². The molecule has 0 fully saturated rings. The Morgan fingerprint density at radius 1 is 0.733 bits per heavy atom. The SMILES string of the molecule is Fc1ccc(-c2ccc(Cl)c(Cl)c2)cc1. The largest absolute Gasteiger partial charge is 0.207 e. The van der Waals surface area contributed by atoms with Crippen molar-refractivity contribution in [3.63, 3.8) is 0 Å². The van der Waals surface area contributed by atoms with Crippen LogP contribution >= 0.6 is 23.2 Å². The fourth-order valence-corrected chi connectivity index (χ4v) is 1.62. The van der Waals surface area contributed by atoms with Crippen LogP contribution in [0.15, 0.2) is 42.5 Å². The molecule has 0 aliphatic carbocycles. The number of hydrogen-bond acceptors (Lipinski definition) is 0. The van der Waals surface area contributed by atoms with Crippen LogP contribution in [0.5, 0.6) is 0 Å². The van der Waals surface area contributed by atoms with Gasteiger partial charge in [0, 0.05) is 0 Å². The van der Waals surface area contributed by atoms with Crippen LogP contribution in [0.2, 0.25) is 10.0 Å². The van der Waals surface area contributed by atoms with E-state index in [9.17, 15) is 4.39 Å². The second-order valence-electron chi connectivity index (χ2n) is 3.14. The lowest BCUT2D eigenvalue weighted by Crippen LogP contribution is -1.79. The molecule has 0 atom stereocenters. The summed E-state index contributed by atoms with van der Waals surface area (Å²) in [6, 6.07) is 11.6. The van der Waals surface area contributed by atoms with Crippen molar-refractivity contribution in [2.24, 2.45) is 0 Å². The molecule has 0 aliphatic rings. The Labute approximate surface area is 97.3 Å². The average molecular weight is 241 g/mol. The lowest BCUT2D eigenvalue weighted by molar-refractivity contribution is 0.628. The summed E-state index contributed by atoms with van der Waals surface area (Å²) in [4.78, 5) is 0. The third-order valence-electron chi connectivity index (χ3n) is 2.10. The van der Waals surface area contributed by atoms with Crippen LogP contribution in [0.3, 0.4) is 0 Å². The third-order valence-corrected chi connectivity index (χ3v) is 2.84. The maximum atomic E-state index is 12.7. The highest BCUT2D eigenvalue weighted by atomic mass is 35.5. The van der Waals surface area contributed by atoms with Crippen LogP contribution in [-0.4, -0.2) is 0 Å². The summed E-state index contributed by atoms with van der Waals surface area (Å²) in [5, 5.41) is 1.01. The molecule has 0 nitrogen and oxygen atoms in total. The number of halogens is 3. The van der Waals surface area contributed by atoms with Crippen LogP contribution in [0.1, 0.15) is 0 Å². The van der Waals surface area contributed by atoms with Crippen LogP contribution in [0, 0.1) is 5.82 Å². The molecule has 0 aromatic heterocycles. The van der Waals surface area contributed by atoms with Crippen molar-refractivity contribution >= 4 is 23.2 Å². The van der Waals surface area contributed by atoms with E-state index in [1.807, 2.05) is 6.07 Å². The van der Waals surface area contributed by atoms with Gasteiger partial charge in [-0.25, -0.2) is 4.39 Å². The first kappa shape index (κ1) is 10.5. The van der Waals surface area contributed by atoms with Crippen molar-refractivity contribution in [3.05, 3.63) is 58.3 Å². The molecule has 0 amide bonds. The lowest BCUT2D eigenvalue weighted by Gasteiger charge is -2.03. The Hall–Kier alpha value is -1.05. The first-order valence-corrected chi connectivity index (χ1v) is 5.13. The molecule has 0 aliphatic heterocycles. The minimum atomic E-state index is -0.251. The van der Waals surface area contributed by atoms with Gasteiger partial charge in [0.1, 0.15) is 5.82 Å². The molecule has 0 N–H and O–H groups in total. The molecule has 0 spiro atoms. The van der Waals surface area contributed by atoms with Gasteiger partial charge in [-0.3, -0.25) is 0 Å². The summed E-state index contributed by atoms with van der Waals surface area (Å²) < 4.78 is 12.7. The van der Waals surface area contributed by atoms with Crippen molar-refractivity contribution < 1.29 is 4.39 Å². The van der Waals surface area contributed by atoms with Gasteiger partial charge in [-0.05, 0) is 35.4 Å². The topological polar surface area (TPSA) is 0 Å². The van der Waals surface area contributed by atoms with E-state index in [0.717, 1.165) is 11.1 Å². The summed E-state index contributed by atoms with van der Waals surface area (Å²) in [5.41, 5.74) is 1.83. The molecule has 2 aromatic rings. The van der Waals surface area contributed by atoms with E-state index < -0.39 is 0 Å². The molecule has 0 bridgehead atoms. The van der Waals surface area contributed by atoms with Crippen LogP contribution in [-0.2, 0) is 0 Å². The maximum absolute atomic E-state index is 12.7. The second kappa shape index (κ2) is 4.21. The molecular formula is C12H7Cl2F. The summed E-state index contributed by atoms with van der Waals surface area (Å²) in [6.07, 6.45) is 0. The van der Waals surface area contributed by atoms with E-state index in [4.69, 9.17) is 23.2 Å². The summed E-state index contributed by atoms with van der Waals surface area (Å²) in [6.45, 7) is 0. The molecule has 0 radical (unpaired) electrons. The summed E-state index contributed by atoms with van der Waals surface area (Å²) >= 11 is 11.7. The molecular weight excluding hydrogens is 234 g/mol. The van der Waals surface area contributed by atoms with Crippen LogP contribution in [0.4, 0.5) is 4.39 Å². The molecule has 0 saturated heterocycles.